The van der Waals surface area contributed by atoms with Crippen molar-refractivity contribution < 1.29 is 9.94 Å². The molecule has 0 atom stereocenters. The molecule has 0 spiro atoms. The highest BCUT2D eigenvalue weighted by Crippen LogP contribution is 2.48. The van der Waals surface area contributed by atoms with Crippen LogP contribution in [0.2, 0.25) is 0 Å². The zero-order valence-corrected chi connectivity index (χ0v) is 10.7. The Morgan fingerprint density at radius 2 is 2.18 bits per heavy atom. The Balaban J connectivity index is 1.99. The number of methoxy groups -OCH3 is 1. The second-order valence-electron chi connectivity index (χ2n) is 5.00. The number of rotatable bonds is 10. The fraction of sp³-hybridized carbons (Fsp3) is 0.917. The largest absolute Gasteiger partial charge is 0.409 e. The summed E-state index contributed by atoms with van der Waals surface area (Å²) in [5, 5.41) is 15.1. The molecule has 1 rings (SSSR count). The number of oxime groups is 1. The molecule has 0 bridgehead atoms. The highest BCUT2D eigenvalue weighted by molar-refractivity contribution is 5.80. The van der Waals surface area contributed by atoms with Crippen molar-refractivity contribution >= 4 is 5.84 Å². The van der Waals surface area contributed by atoms with E-state index in [9.17, 15) is 0 Å². The maximum atomic E-state index is 8.55. The lowest BCUT2D eigenvalue weighted by atomic mass is 10.0. The molecule has 1 fully saturated rings. The van der Waals surface area contributed by atoms with Crippen LogP contribution in [0.4, 0.5) is 0 Å². The van der Waals surface area contributed by atoms with Gasteiger partial charge in [0.1, 0.15) is 5.84 Å². The van der Waals surface area contributed by atoms with Gasteiger partial charge < -0.3 is 21.0 Å². The molecule has 17 heavy (non-hydrogen) atoms. The summed E-state index contributed by atoms with van der Waals surface area (Å²) < 4.78 is 5.00. The van der Waals surface area contributed by atoms with Gasteiger partial charge in [-0.15, -0.1) is 0 Å². The third kappa shape index (κ3) is 5.89. The van der Waals surface area contributed by atoms with Crippen molar-refractivity contribution in [2.45, 2.75) is 38.5 Å². The molecule has 5 heteroatoms. The molecule has 0 aromatic carbocycles. The van der Waals surface area contributed by atoms with Gasteiger partial charge >= 0.3 is 0 Å². The van der Waals surface area contributed by atoms with E-state index in [4.69, 9.17) is 15.7 Å². The molecule has 0 heterocycles. The third-order valence-electron chi connectivity index (χ3n) is 3.34. The maximum Gasteiger partial charge on any atom is 0.139 e. The molecule has 0 aliphatic heterocycles. The smallest absolute Gasteiger partial charge is 0.139 e. The van der Waals surface area contributed by atoms with Crippen LogP contribution in [0.3, 0.4) is 0 Å². The van der Waals surface area contributed by atoms with Crippen LogP contribution < -0.4 is 11.1 Å². The van der Waals surface area contributed by atoms with E-state index in [0.29, 0.717) is 12.3 Å². The number of nitrogens with zero attached hydrogens (tertiary/aromatic N) is 1. The minimum atomic E-state index is 0.267. The molecule has 1 saturated carbocycles. The van der Waals surface area contributed by atoms with Crippen LogP contribution in [0, 0.1) is 5.41 Å². The van der Waals surface area contributed by atoms with Crippen LogP contribution in [0.25, 0.3) is 0 Å². The second-order valence-corrected chi connectivity index (χ2v) is 5.00. The zero-order valence-electron chi connectivity index (χ0n) is 10.7. The fourth-order valence-electron chi connectivity index (χ4n) is 2.04. The first-order chi connectivity index (χ1) is 8.22. The lowest BCUT2D eigenvalue weighted by Crippen LogP contribution is -2.29. The number of hydrogen-bond donors (Lipinski definition) is 3. The molecule has 100 valence electrons. The standard InChI is InChI=1S/C12H25N3O2/c1-17-8-4-2-3-7-14-10-12(5-6-12)9-11(13)15-16/h14,16H,2-10H2,1H3,(H2,13,15). The summed E-state index contributed by atoms with van der Waals surface area (Å²) in [7, 11) is 1.74. The van der Waals surface area contributed by atoms with Crippen LogP contribution in [-0.2, 0) is 4.74 Å². The number of amidine groups is 1. The summed E-state index contributed by atoms with van der Waals surface area (Å²) >= 11 is 0. The average molecular weight is 243 g/mol. The van der Waals surface area contributed by atoms with Crippen LogP contribution >= 0.6 is 0 Å². The van der Waals surface area contributed by atoms with Crippen LogP contribution in [0.15, 0.2) is 5.16 Å². The molecule has 0 radical (unpaired) electrons. The van der Waals surface area contributed by atoms with Gasteiger partial charge in [0.05, 0.1) is 0 Å². The van der Waals surface area contributed by atoms with E-state index >= 15 is 0 Å². The van der Waals surface area contributed by atoms with Gasteiger partial charge in [0.2, 0.25) is 0 Å². The maximum absolute atomic E-state index is 8.55. The summed E-state index contributed by atoms with van der Waals surface area (Å²) in [4.78, 5) is 0. The average Bonchev–Trinajstić information content (AvgIpc) is 3.08. The van der Waals surface area contributed by atoms with Gasteiger partial charge in [-0.3, -0.25) is 0 Å². The Bertz CT molecular complexity index is 240. The quantitative estimate of drug-likeness (QED) is 0.178. The fourth-order valence-corrected chi connectivity index (χ4v) is 2.04. The first-order valence-corrected chi connectivity index (χ1v) is 6.38. The van der Waals surface area contributed by atoms with Crippen molar-refractivity contribution in [1.82, 2.24) is 5.32 Å². The Hall–Kier alpha value is -0.810. The number of unbranched alkanes of at least 4 members (excludes halogenated alkanes) is 2. The lowest BCUT2D eigenvalue weighted by Gasteiger charge is -2.14. The molecule has 5 nitrogen and oxygen atoms in total. The van der Waals surface area contributed by atoms with E-state index in [0.717, 1.165) is 26.1 Å². The number of nitrogens with two attached hydrogens (primary N) is 1. The van der Waals surface area contributed by atoms with Crippen molar-refractivity contribution in [3.05, 3.63) is 0 Å². The molecule has 0 aromatic rings. The third-order valence-corrected chi connectivity index (χ3v) is 3.34. The molecule has 0 saturated heterocycles. The Morgan fingerprint density at radius 3 is 2.76 bits per heavy atom. The van der Waals surface area contributed by atoms with Crippen molar-refractivity contribution in [1.29, 1.82) is 0 Å². The van der Waals surface area contributed by atoms with Crippen LogP contribution in [-0.4, -0.2) is 37.8 Å². The minimum Gasteiger partial charge on any atom is -0.409 e. The van der Waals surface area contributed by atoms with Crippen LogP contribution in [0.5, 0.6) is 0 Å². The summed E-state index contributed by atoms with van der Waals surface area (Å²) in [5.41, 5.74) is 5.81. The van der Waals surface area contributed by atoms with Gasteiger partial charge in [-0.1, -0.05) is 5.16 Å². The molecular weight excluding hydrogens is 218 g/mol. The summed E-state index contributed by atoms with van der Waals surface area (Å²) in [5.74, 6) is 0.351. The summed E-state index contributed by atoms with van der Waals surface area (Å²) in [6, 6.07) is 0. The van der Waals surface area contributed by atoms with Gasteiger partial charge in [-0.2, -0.15) is 0 Å². The second kappa shape index (κ2) is 7.50. The molecule has 0 aromatic heterocycles. The molecule has 0 unspecified atom stereocenters. The van der Waals surface area contributed by atoms with Gasteiger partial charge in [0.25, 0.3) is 0 Å². The van der Waals surface area contributed by atoms with Gasteiger partial charge in [-0.25, -0.2) is 0 Å². The molecule has 0 amide bonds. The number of nitrogens with one attached hydrogen (secondary N) is 1. The number of ether oxygens (including phenoxy) is 1. The Morgan fingerprint density at radius 1 is 1.41 bits per heavy atom. The van der Waals surface area contributed by atoms with Gasteiger partial charge in [-0.05, 0) is 44.1 Å². The monoisotopic (exact) mass is 243 g/mol. The molecule has 1 aliphatic carbocycles. The van der Waals surface area contributed by atoms with E-state index in [1.807, 2.05) is 0 Å². The van der Waals surface area contributed by atoms with Crippen molar-refractivity contribution in [3.8, 4) is 0 Å². The van der Waals surface area contributed by atoms with E-state index in [1.54, 1.807) is 7.11 Å². The van der Waals surface area contributed by atoms with Gasteiger partial charge in [0.15, 0.2) is 0 Å². The minimum absolute atomic E-state index is 0.267. The summed E-state index contributed by atoms with van der Waals surface area (Å²) in [6.07, 6.45) is 6.59. The first kappa shape index (κ1) is 14.3. The topological polar surface area (TPSA) is 79.9 Å². The van der Waals surface area contributed by atoms with Crippen LogP contribution in [0.1, 0.15) is 38.5 Å². The highest BCUT2D eigenvalue weighted by atomic mass is 16.5. The number of hydrogen-bond acceptors (Lipinski definition) is 4. The van der Waals surface area contributed by atoms with E-state index in [-0.39, 0.29) is 5.41 Å². The first-order valence-electron chi connectivity index (χ1n) is 6.38. The van der Waals surface area contributed by atoms with E-state index in [2.05, 4.69) is 10.5 Å². The van der Waals surface area contributed by atoms with E-state index < -0.39 is 0 Å². The lowest BCUT2D eigenvalue weighted by molar-refractivity contribution is 0.192. The predicted molar refractivity (Wildman–Crippen MR) is 68.3 cm³/mol. The van der Waals surface area contributed by atoms with Crippen molar-refractivity contribution in [3.63, 3.8) is 0 Å². The van der Waals surface area contributed by atoms with Crippen molar-refractivity contribution in [2.75, 3.05) is 26.8 Å². The zero-order chi connectivity index (χ0) is 12.6. The van der Waals surface area contributed by atoms with Gasteiger partial charge in [0, 0.05) is 26.7 Å². The SMILES string of the molecule is COCCCCCNCC1(CC(N)=NO)CC1. The highest BCUT2D eigenvalue weighted by Gasteiger charge is 2.42. The molecule has 4 N–H and O–H groups in total. The van der Waals surface area contributed by atoms with Crippen molar-refractivity contribution in [2.24, 2.45) is 16.3 Å². The molecular formula is C12H25N3O2. The van der Waals surface area contributed by atoms with E-state index in [1.165, 1.54) is 25.7 Å². The summed E-state index contributed by atoms with van der Waals surface area (Å²) in [6.45, 7) is 2.88. The Labute approximate surface area is 103 Å². The Kier molecular flexibility index (Phi) is 6.29. The normalized spacial score (nSPS) is 18.3. The predicted octanol–water partition coefficient (Wildman–Crippen LogP) is 1.31. The molecule has 1 aliphatic rings.